The first kappa shape index (κ1) is 13.3. The summed E-state index contributed by atoms with van der Waals surface area (Å²) in [5.41, 5.74) is 0.502. The molecule has 3 heteroatoms. The monoisotopic (exact) mass is 241 g/mol. The van der Waals surface area contributed by atoms with Gasteiger partial charge in [0.2, 0.25) is 0 Å². The highest BCUT2D eigenvalue weighted by atomic mass is 16.7. The van der Waals surface area contributed by atoms with Crippen LogP contribution in [0.4, 0.5) is 0 Å². The zero-order valence-corrected chi connectivity index (χ0v) is 11.7. The van der Waals surface area contributed by atoms with Crippen molar-refractivity contribution in [3.8, 4) is 0 Å². The highest BCUT2D eigenvalue weighted by Gasteiger charge is 2.33. The summed E-state index contributed by atoms with van der Waals surface area (Å²) >= 11 is 0. The maximum Gasteiger partial charge on any atom is 0.163 e. The fourth-order valence-corrected chi connectivity index (χ4v) is 3.03. The van der Waals surface area contributed by atoms with Crippen LogP contribution in [0, 0.1) is 5.41 Å². The molecule has 2 atom stereocenters. The highest BCUT2D eigenvalue weighted by Crippen LogP contribution is 2.35. The molecule has 2 fully saturated rings. The van der Waals surface area contributed by atoms with Crippen molar-refractivity contribution in [3.05, 3.63) is 0 Å². The first-order valence-corrected chi connectivity index (χ1v) is 6.91. The third kappa shape index (κ3) is 3.94. The maximum atomic E-state index is 5.81. The van der Waals surface area contributed by atoms with Crippen LogP contribution in [0.2, 0.25) is 0 Å². The van der Waals surface area contributed by atoms with Gasteiger partial charge in [-0.05, 0) is 38.5 Å². The molecule has 1 heterocycles. The van der Waals surface area contributed by atoms with Crippen LogP contribution in [-0.4, -0.2) is 31.1 Å². The quantitative estimate of drug-likeness (QED) is 0.824. The molecule has 1 saturated carbocycles. The Labute approximate surface area is 105 Å². The lowest BCUT2D eigenvalue weighted by Crippen LogP contribution is -2.41. The molecule has 0 spiro atoms. The number of rotatable bonds is 3. The van der Waals surface area contributed by atoms with Gasteiger partial charge >= 0.3 is 0 Å². The van der Waals surface area contributed by atoms with E-state index in [4.69, 9.17) is 9.47 Å². The lowest BCUT2D eigenvalue weighted by atomic mass is 9.75. The molecule has 0 aromatic heterocycles. The third-order valence-electron chi connectivity index (χ3n) is 3.91. The fourth-order valence-electron chi connectivity index (χ4n) is 3.03. The molecule has 2 rings (SSSR count). The van der Waals surface area contributed by atoms with Crippen molar-refractivity contribution in [1.82, 2.24) is 5.32 Å². The summed E-state index contributed by atoms with van der Waals surface area (Å²) in [5.74, 6) is -0.391. The summed E-state index contributed by atoms with van der Waals surface area (Å²) in [5, 5.41) is 3.65. The van der Waals surface area contributed by atoms with Gasteiger partial charge in [0, 0.05) is 12.6 Å². The molecular formula is C14H27NO2. The van der Waals surface area contributed by atoms with Gasteiger partial charge < -0.3 is 14.8 Å². The van der Waals surface area contributed by atoms with Gasteiger partial charge in [0.1, 0.15) is 0 Å². The summed E-state index contributed by atoms with van der Waals surface area (Å²) in [6.07, 6.45) is 5.51. The second kappa shape index (κ2) is 4.87. The van der Waals surface area contributed by atoms with E-state index in [1.54, 1.807) is 0 Å². The van der Waals surface area contributed by atoms with Crippen LogP contribution in [0.15, 0.2) is 0 Å². The van der Waals surface area contributed by atoms with Gasteiger partial charge in [-0.1, -0.05) is 20.3 Å². The molecule has 0 aromatic carbocycles. The van der Waals surface area contributed by atoms with Gasteiger partial charge in [-0.15, -0.1) is 0 Å². The molecular weight excluding hydrogens is 214 g/mol. The smallest absolute Gasteiger partial charge is 0.163 e. The molecule has 1 saturated heterocycles. The van der Waals surface area contributed by atoms with Crippen LogP contribution < -0.4 is 5.32 Å². The van der Waals surface area contributed by atoms with Gasteiger partial charge in [-0.25, -0.2) is 0 Å². The largest absolute Gasteiger partial charge is 0.348 e. The van der Waals surface area contributed by atoms with E-state index >= 15 is 0 Å². The number of ether oxygens (including phenoxy) is 2. The molecule has 3 nitrogen and oxygen atoms in total. The Morgan fingerprint density at radius 1 is 1.24 bits per heavy atom. The van der Waals surface area contributed by atoms with E-state index < -0.39 is 5.79 Å². The van der Waals surface area contributed by atoms with Crippen LogP contribution >= 0.6 is 0 Å². The van der Waals surface area contributed by atoms with E-state index in [1.165, 1.54) is 25.7 Å². The molecule has 0 amide bonds. The Kier molecular flexibility index (Phi) is 3.81. The van der Waals surface area contributed by atoms with Gasteiger partial charge in [0.25, 0.3) is 0 Å². The maximum absolute atomic E-state index is 5.81. The Bertz CT molecular complexity index is 263. The van der Waals surface area contributed by atoms with Crippen LogP contribution in [0.3, 0.4) is 0 Å². The second-order valence-corrected chi connectivity index (χ2v) is 6.82. The Balaban J connectivity index is 1.72. The lowest BCUT2D eigenvalue weighted by molar-refractivity contribution is -0.138. The van der Waals surface area contributed by atoms with Crippen molar-refractivity contribution >= 4 is 0 Å². The Morgan fingerprint density at radius 3 is 2.59 bits per heavy atom. The summed E-state index contributed by atoms with van der Waals surface area (Å²) in [6, 6.07) is 0.658. The molecule has 17 heavy (non-hydrogen) atoms. The molecule has 0 radical (unpaired) electrons. The second-order valence-electron chi connectivity index (χ2n) is 6.82. The van der Waals surface area contributed by atoms with E-state index in [9.17, 15) is 0 Å². The van der Waals surface area contributed by atoms with E-state index in [2.05, 4.69) is 19.2 Å². The van der Waals surface area contributed by atoms with Crippen LogP contribution in [-0.2, 0) is 9.47 Å². The topological polar surface area (TPSA) is 30.5 Å². The van der Waals surface area contributed by atoms with Gasteiger partial charge in [-0.2, -0.15) is 0 Å². The Hall–Kier alpha value is -0.120. The molecule has 1 aliphatic heterocycles. The van der Waals surface area contributed by atoms with Gasteiger partial charge in [0.15, 0.2) is 5.79 Å². The van der Waals surface area contributed by atoms with E-state index in [1.807, 2.05) is 13.8 Å². The number of nitrogens with one attached hydrogen (secondary N) is 1. The lowest BCUT2D eigenvalue weighted by Gasteiger charge is -2.36. The average Bonchev–Trinajstić information content (AvgIpc) is 2.54. The first-order valence-electron chi connectivity index (χ1n) is 6.91. The molecule has 1 aliphatic carbocycles. The number of hydrogen-bond acceptors (Lipinski definition) is 3. The Morgan fingerprint density at radius 2 is 2.00 bits per heavy atom. The minimum absolute atomic E-state index is 0.218. The van der Waals surface area contributed by atoms with E-state index in [-0.39, 0.29) is 6.10 Å². The molecule has 1 N–H and O–H groups in total. The van der Waals surface area contributed by atoms with Crippen molar-refractivity contribution in [1.29, 1.82) is 0 Å². The zero-order valence-electron chi connectivity index (χ0n) is 11.7. The van der Waals surface area contributed by atoms with Crippen LogP contribution in [0.1, 0.15) is 53.4 Å². The van der Waals surface area contributed by atoms with E-state index in [0.717, 1.165) is 13.2 Å². The molecule has 2 unspecified atom stereocenters. The molecule has 2 aliphatic rings. The number of hydrogen-bond donors (Lipinski definition) is 1. The molecule has 100 valence electrons. The summed E-state index contributed by atoms with van der Waals surface area (Å²) in [6.45, 7) is 10.4. The molecule has 0 aromatic rings. The normalized spacial score (nSPS) is 36.0. The van der Waals surface area contributed by atoms with Gasteiger partial charge in [-0.3, -0.25) is 0 Å². The van der Waals surface area contributed by atoms with E-state index in [0.29, 0.717) is 11.5 Å². The minimum Gasteiger partial charge on any atom is -0.348 e. The summed E-state index contributed by atoms with van der Waals surface area (Å²) in [7, 11) is 0. The standard InChI is InChI=1S/C14H27NO2/c1-13(2)7-5-6-11(8-13)15-9-12-10-16-14(3,4)17-12/h11-12,15H,5-10H2,1-4H3. The van der Waals surface area contributed by atoms with Crippen molar-refractivity contribution in [2.24, 2.45) is 5.41 Å². The molecule has 0 bridgehead atoms. The predicted octanol–water partition coefficient (Wildman–Crippen LogP) is 2.70. The van der Waals surface area contributed by atoms with Crippen molar-refractivity contribution in [2.75, 3.05) is 13.2 Å². The van der Waals surface area contributed by atoms with Crippen LogP contribution in [0.5, 0.6) is 0 Å². The van der Waals surface area contributed by atoms with Crippen molar-refractivity contribution < 1.29 is 9.47 Å². The average molecular weight is 241 g/mol. The summed E-state index contributed by atoms with van der Waals surface area (Å²) in [4.78, 5) is 0. The van der Waals surface area contributed by atoms with Crippen molar-refractivity contribution in [2.45, 2.75) is 71.3 Å². The van der Waals surface area contributed by atoms with Gasteiger partial charge in [0.05, 0.1) is 12.7 Å². The fraction of sp³-hybridized carbons (Fsp3) is 1.00. The highest BCUT2D eigenvalue weighted by molar-refractivity contribution is 4.84. The zero-order chi connectivity index (χ0) is 12.5. The first-order chi connectivity index (χ1) is 7.86. The van der Waals surface area contributed by atoms with Crippen molar-refractivity contribution in [3.63, 3.8) is 0 Å². The SMILES string of the molecule is CC1(C)CCCC(NCC2COC(C)(C)O2)C1. The predicted molar refractivity (Wildman–Crippen MR) is 68.9 cm³/mol. The summed E-state index contributed by atoms with van der Waals surface area (Å²) < 4.78 is 11.4. The minimum atomic E-state index is -0.391. The third-order valence-corrected chi connectivity index (χ3v) is 3.91. The van der Waals surface area contributed by atoms with Crippen LogP contribution in [0.25, 0.3) is 0 Å².